The first-order chi connectivity index (χ1) is 13.4. The number of carboxylic acid groups (broad SMARTS) is 1. The van der Waals surface area contributed by atoms with Gasteiger partial charge in [0.05, 0.1) is 31.8 Å². The molecule has 1 heterocycles. The summed E-state index contributed by atoms with van der Waals surface area (Å²) >= 11 is 0. The van der Waals surface area contributed by atoms with Gasteiger partial charge in [0.2, 0.25) is 5.91 Å². The molecule has 1 aliphatic heterocycles. The smallest absolute Gasteiger partial charge is 0.334 e. The van der Waals surface area contributed by atoms with Crippen LogP contribution in [0, 0.1) is 5.92 Å². The number of hydrogen-bond donors (Lipinski definition) is 2. The van der Waals surface area contributed by atoms with Crippen LogP contribution in [0.4, 0.5) is 5.69 Å². The molecule has 2 N–H and O–H groups in total. The number of amides is 1. The lowest BCUT2D eigenvalue weighted by Gasteiger charge is -2.50. The third kappa shape index (κ3) is 3.85. The Morgan fingerprint density at radius 3 is 2.36 bits per heavy atom. The Morgan fingerprint density at radius 2 is 1.79 bits per heavy atom. The number of ether oxygens (including phenoxy) is 2. The highest BCUT2D eigenvalue weighted by Gasteiger charge is 2.56. The maximum absolute atomic E-state index is 12.8. The van der Waals surface area contributed by atoms with Gasteiger partial charge < -0.3 is 24.6 Å². The summed E-state index contributed by atoms with van der Waals surface area (Å²) in [7, 11) is 1.53. The number of β-lactam (4-membered cyclic amide) rings is 1. The fourth-order valence-electron chi connectivity index (χ4n) is 3.44. The highest BCUT2D eigenvalue weighted by atomic mass is 16.5. The number of aliphatic hydroxyl groups is 1. The first-order valence-corrected chi connectivity index (χ1v) is 8.97. The van der Waals surface area contributed by atoms with Gasteiger partial charge >= 0.3 is 5.97 Å². The van der Waals surface area contributed by atoms with E-state index in [1.54, 1.807) is 31.2 Å². The molecule has 0 radical (unpaired) electrons. The highest BCUT2D eigenvalue weighted by Crippen LogP contribution is 2.38. The van der Waals surface area contributed by atoms with E-state index in [0.717, 1.165) is 5.56 Å². The van der Waals surface area contributed by atoms with Crippen molar-refractivity contribution in [2.75, 3.05) is 12.0 Å². The second kappa shape index (κ2) is 8.41. The van der Waals surface area contributed by atoms with Crippen LogP contribution in [0.1, 0.15) is 12.5 Å². The average molecular weight is 385 g/mol. The first kappa shape index (κ1) is 19.9. The molecular formula is C21H23NO6. The zero-order valence-electron chi connectivity index (χ0n) is 15.7. The largest absolute Gasteiger partial charge is 0.497 e. The van der Waals surface area contributed by atoms with Crippen LogP contribution in [0.5, 0.6) is 5.75 Å². The summed E-state index contributed by atoms with van der Waals surface area (Å²) in [5.74, 6) is -1.80. The zero-order valence-corrected chi connectivity index (χ0v) is 15.7. The molecule has 1 saturated heterocycles. The molecule has 7 heteroatoms. The number of carbonyl (C=O) groups excluding carboxylic acids is 1. The molecule has 0 saturated carbocycles. The standard InChI is InChI=1S/C21H23NO6/c1-13(28-12-14-6-4-3-5-7-14)17-18(19(23)21(25)26)22(20(17)24)15-8-10-16(27-2)11-9-15/h3-11,13,17-19,23H,12H2,1-2H3,(H,25,26)/t13-,17-,18+,19+/m1/s1. The van der Waals surface area contributed by atoms with Crippen molar-refractivity contribution >= 4 is 17.6 Å². The lowest BCUT2D eigenvalue weighted by Crippen LogP contribution is -2.70. The van der Waals surface area contributed by atoms with Crippen LogP contribution in [0.25, 0.3) is 0 Å². The van der Waals surface area contributed by atoms with Crippen LogP contribution in [0.15, 0.2) is 54.6 Å². The molecule has 0 unspecified atom stereocenters. The molecule has 148 valence electrons. The molecule has 7 nitrogen and oxygen atoms in total. The van der Waals surface area contributed by atoms with Crippen LogP contribution >= 0.6 is 0 Å². The molecule has 28 heavy (non-hydrogen) atoms. The minimum absolute atomic E-state index is 0.281. The summed E-state index contributed by atoms with van der Waals surface area (Å²) in [6, 6.07) is 15.2. The third-order valence-electron chi connectivity index (χ3n) is 4.98. The van der Waals surface area contributed by atoms with E-state index in [4.69, 9.17) is 9.47 Å². The Morgan fingerprint density at radius 1 is 1.14 bits per heavy atom. The summed E-state index contributed by atoms with van der Waals surface area (Å²) in [4.78, 5) is 25.5. The minimum atomic E-state index is -1.72. The van der Waals surface area contributed by atoms with E-state index in [2.05, 4.69) is 0 Å². The van der Waals surface area contributed by atoms with Gasteiger partial charge in [0.25, 0.3) is 0 Å². The molecule has 1 fully saturated rings. The van der Waals surface area contributed by atoms with Crippen molar-refractivity contribution in [2.45, 2.75) is 31.8 Å². The van der Waals surface area contributed by atoms with E-state index in [1.807, 2.05) is 30.3 Å². The van der Waals surface area contributed by atoms with Gasteiger partial charge in [-0.15, -0.1) is 0 Å². The lowest BCUT2D eigenvalue weighted by atomic mass is 9.79. The topological polar surface area (TPSA) is 96.3 Å². The Hall–Kier alpha value is -2.90. The SMILES string of the molecule is COc1ccc(N2C(=O)[C@H]([C@@H](C)OCc3ccccc3)[C@H]2[C@H](O)C(=O)O)cc1. The van der Waals surface area contributed by atoms with Gasteiger partial charge in [-0.3, -0.25) is 4.79 Å². The predicted octanol–water partition coefficient (Wildman–Crippen LogP) is 2.08. The number of nitrogens with zero attached hydrogens (tertiary/aromatic N) is 1. The number of anilines is 1. The molecule has 1 aliphatic rings. The number of aliphatic hydroxyl groups excluding tert-OH is 1. The van der Waals surface area contributed by atoms with Crippen molar-refractivity contribution in [1.29, 1.82) is 0 Å². The van der Waals surface area contributed by atoms with E-state index < -0.39 is 30.1 Å². The number of carboxylic acids is 1. The number of benzene rings is 2. The maximum Gasteiger partial charge on any atom is 0.334 e. The van der Waals surface area contributed by atoms with E-state index in [-0.39, 0.29) is 5.91 Å². The molecule has 0 spiro atoms. The quantitative estimate of drug-likeness (QED) is 0.676. The number of methoxy groups -OCH3 is 1. The molecule has 4 atom stereocenters. The zero-order chi connectivity index (χ0) is 20.3. The number of aliphatic carboxylic acids is 1. The van der Waals surface area contributed by atoms with Crippen LogP contribution in [0.2, 0.25) is 0 Å². The van der Waals surface area contributed by atoms with Crippen LogP contribution in [-0.4, -0.2) is 47.4 Å². The van der Waals surface area contributed by atoms with Gasteiger partial charge in [0.1, 0.15) is 5.75 Å². The molecular weight excluding hydrogens is 362 g/mol. The van der Waals surface area contributed by atoms with Crippen molar-refractivity contribution in [3.63, 3.8) is 0 Å². The molecule has 1 amide bonds. The molecule has 0 aromatic heterocycles. The summed E-state index contributed by atoms with van der Waals surface area (Å²) in [5.41, 5.74) is 1.45. The lowest BCUT2D eigenvalue weighted by molar-refractivity contribution is -0.156. The van der Waals surface area contributed by atoms with Crippen molar-refractivity contribution < 1.29 is 29.3 Å². The van der Waals surface area contributed by atoms with E-state index in [9.17, 15) is 19.8 Å². The van der Waals surface area contributed by atoms with Crippen LogP contribution in [-0.2, 0) is 20.9 Å². The average Bonchev–Trinajstić information content (AvgIpc) is 2.71. The van der Waals surface area contributed by atoms with Crippen molar-refractivity contribution in [1.82, 2.24) is 0 Å². The Labute approximate surface area is 163 Å². The molecule has 3 rings (SSSR count). The van der Waals surface area contributed by atoms with Crippen LogP contribution in [0.3, 0.4) is 0 Å². The predicted molar refractivity (Wildman–Crippen MR) is 102 cm³/mol. The Kier molecular flexibility index (Phi) is 5.96. The molecule has 0 bridgehead atoms. The first-order valence-electron chi connectivity index (χ1n) is 8.97. The third-order valence-corrected chi connectivity index (χ3v) is 4.98. The second-order valence-corrected chi connectivity index (χ2v) is 6.71. The summed E-state index contributed by atoms with van der Waals surface area (Å²) in [5, 5.41) is 19.5. The van der Waals surface area contributed by atoms with Crippen LogP contribution < -0.4 is 9.64 Å². The number of carbonyl (C=O) groups is 2. The number of hydrogen-bond acceptors (Lipinski definition) is 5. The van der Waals surface area contributed by atoms with Crippen molar-refractivity contribution in [3.8, 4) is 5.75 Å². The molecule has 0 aliphatic carbocycles. The van der Waals surface area contributed by atoms with E-state index in [0.29, 0.717) is 18.0 Å². The van der Waals surface area contributed by atoms with Gasteiger partial charge in [0, 0.05) is 5.69 Å². The van der Waals surface area contributed by atoms with E-state index in [1.165, 1.54) is 12.0 Å². The van der Waals surface area contributed by atoms with Gasteiger partial charge in [-0.25, -0.2) is 4.79 Å². The summed E-state index contributed by atoms with van der Waals surface area (Å²) in [6.07, 6.45) is -2.27. The van der Waals surface area contributed by atoms with Gasteiger partial charge in [-0.2, -0.15) is 0 Å². The monoisotopic (exact) mass is 385 g/mol. The second-order valence-electron chi connectivity index (χ2n) is 6.71. The maximum atomic E-state index is 12.8. The van der Waals surface area contributed by atoms with Crippen molar-refractivity contribution in [2.24, 2.45) is 5.92 Å². The minimum Gasteiger partial charge on any atom is -0.497 e. The van der Waals surface area contributed by atoms with Gasteiger partial charge in [-0.1, -0.05) is 30.3 Å². The fourth-order valence-corrected chi connectivity index (χ4v) is 3.44. The van der Waals surface area contributed by atoms with E-state index >= 15 is 0 Å². The molecule has 2 aromatic rings. The normalized spacial score (nSPS) is 21.0. The van der Waals surface area contributed by atoms with Gasteiger partial charge in [0.15, 0.2) is 6.10 Å². The highest BCUT2D eigenvalue weighted by molar-refractivity contribution is 6.05. The Bertz CT molecular complexity index is 823. The fraction of sp³-hybridized carbons (Fsp3) is 0.333. The number of rotatable bonds is 8. The van der Waals surface area contributed by atoms with Gasteiger partial charge in [-0.05, 0) is 36.8 Å². The summed E-state index contributed by atoms with van der Waals surface area (Å²) < 4.78 is 10.9. The van der Waals surface area contributed by atoms with Crippen molar-refractivity contribution in [3.05, 3.63) is 60.2 Å². The summed E-state index contributed by atoms with van der Waals surface area (Å²) in [6.45, 7) is 2.02. The molecule has 2 aromatic carbocycles. The Balaban J connectivity index is 1.77.